The van der Waals surface area contributed by atoms with Crippen molar-refractivity contribution in [2.75, 3.05) is 19.8 Å². The molecule has 0 radical (unpaired) electrons. The van der Waals surface area contributed by atoms with Gasteiger partial charge in [0.05, 0.1) is 19.3 Å². The van der Waals surface area contributed by atoms with Crippen molar-refractivity contribution < 1.29 is 9.53 Å². The lowest BCUT2D eigenvalue weighted by molar-refractivity contribution is -0.122. The molecule has 20 heavy (non-hydrogen) atoms. The highest BCUT2D eigenvalue weighted by Gasteiger charge is 2.18. The third-order valence-electron chi connectivity index (χ3n) is 3.18. The third kappa shape index (κ3) is 5.40. The Morgan fingerprint density at radius 2 is 2.20 bits per heavy atom. The summed E-state index contributed by atoms with van der Waals surface area (Å²) >= 11 is 3.40. The number of nitrogens with one attached hydrogen (secondary N) is 2. The highest BCUT2D eigenvalue weighted by Crippen LogP contribution is 2.16. The van der Waals surface area contributed by atoms with Gasteiger partial charge in [0.1, 0.15) is 0 Å². The van der Waals surface area contributed by atoms with E-state index in [1.807, 2.05) is 31.2 Å². The molecule has 6 heteroatoms. The Morgan fingerprint density at radius 1 is 1.50 bits per heavy atom. The highest BCUT2D eigenvalue weighted by molar-refractivity contribution is 9.10. The molecule has 1 aliphatic rings. The summed E-state index contributed by atoms with van der Waals surface area (Å²) in [5.74, 6) is 0.0541. The minimum absolute atomic E-state index is 0. The van der Waals surface area contributed by atoms with E-state index < -0.39 is 0 Å². The van der Waals surface area contributed by atoms with Crippen molar-refractivity contribution in [1.29, 1.82) is 0 Å². The summed E-state index contributed by atoms with van der Waals surface area (Å²) in [6.07, 6.45) is 0.459. The smallest absolute Gasteiger partial charge is 0.222 e. The lowest BCUT2D eigenvalue weighted by Gasteiger charge is -2.24. The number of halogens is 2. The number of rotatable bonds is 4. The summed E-state index contributed by atoms with van der Waals surface area (Å²) in [5.41, 5.74) is 1.10. The van der Waals surface area contributed by atoms with Crippen LogP contribution in [-0.4, -0.2) is 31.7 Å². The molecule has 1 aromatic rings. The van der Waals surface area contributed by atoms with Crippen LogP contribution in [0.3, 0.4) is 0 Å². The van der Waals surface area contributed by atoms with Gasteiger partial charge in [-0.05, 0) is 24.6 Å². The molecule has 0 aliphatic carbocycles. The van der Waals surface area contributed by atoms with Crippen molar-refractivity contribution in [2.45, 2.75) is 25.4 Å². The zero-order valence-electron chi connectivity index (χ0n) is 11.4. The van der Waals surface area contributed by atoms with Gasteiger partial charge in [0.2, 0.25) is 5.91 Å². The quantitative estimate of drug-likeness (QED) is 0.864. The summed E-state index contributed by atoms with van der Waals surface area (Å²) < 4.78 is 6.38. The molecule has 112 valence electrons. The van der Waals surface area contributed by atoms with Crippen LogP contribution in [0.15, 0.2) is 28.7 Å². The van der Waals surface area contributed by atoms with Crippen LogP contribution >= 0.6 is 28.3 Å². The number of carbonyl (C=O) groups excluding carboxylic acids is 1. The monoisotopic (exact) mass is 362 g/mol. The first-order valence-electron chi connectivity index (χ1n) is 6.51. The molecule has 1 aliphatic heterocycles. The molecule has 1 heterocycles. The van der Waals surface area contributed by atoms with E-state index in [9.17, 15) is 4.79 Å². The Kier molecular flexibility index (Phi) is 7.51. The zero-order valence-corrected chi connectivity index (χ0v) is 13.8. The molecule has 2 rings (SSSR count). The molecule has 4 nitrogen and oxygen atoms in total. The average Bonchev–Trinajstić information content (AvgIpc) is 2.40. The van der Waals surface area contributed by atoms with E-state index >= 15 is 0 Å². The average molecular weight is 364 g/mol. The van der Waals surface area contributed by atoms with Crippen molar-refractivity contribution >= 4 is 34.2 Å². The third-order valence-corrected chi connectivity index (χ3v) is 3.71. The highest BCUT2D eigenvalue weighted by atomic mass is 79.9. The van der Waals surface area contributed by atoms with Gasteiger partial charge >= 0.3 is 0 Å². The van der Waals surface area contributed by atoms with Crippen LogP contribution in [0.5, 0.6) is 0 Å². The van der Waals surface area contributed by atoms with E-state index in [1.54, 1.807) is 0 Å². The van der Waals surface area contributed by atoms with Gasteiger partial charge < -0.3 is 15.4 Å². The fraction of sp³-hybridized carbons (Fsp3) is 0.500. The molecular weight excluding hydrogens is 344 g/mol. The van der Waals surface area contributed by atoms with Gasteiger partial charge in [-0.1, -0.05) is 28.1 Å². The van der Waals surface area contributed by atoms with Gasteiger partial charge in [0.25, 0.3) is 0 Å². The van der Waals surface area contributed by atoms with Crippen LogP contribution in [-0.2, 0) is 9.53 Å². The SMILES string of the molecule is CC(NC(=O)CC1COCCN1)c1ccc(Br)cc1.Cl. The van der Waals surface area contributed by atoms with E-state index in [-0.39, 0.29) is 30.4 Å². The largest absolute Gasteiger partial charge is 0.378 e. The summed E-state index contributed by atoms with van der Waals surface area (Å²) in [7, 11) is 0. The number of amides is 1. The van der Waals surface area contributed by atoms with E-state index in [4.69, 9.17) is 4.74 Å². The van der Waals surface area contributed by atoms with Crippen molar-refractivity contribution in [2.24, 2.45) is 0 Å². The Balaban J connectivity index is 0.00000200. The maximum Gasteiger partial charge on any atom is 0.222 e. The first-order valence-corrected chi connectivity index (χ1v) is 7.30. The first-order chi connectivity index (χ1) is 9.15. The standard InChI is InChI=1S/C14H19BrN2O2.ClH/c1-10(11-2-4-12(15)5-3-11)17-14(18)8-13-9-19-7-6-16-13;/h2-5,10,13,16H,6-9H2,1H3,(H,17,18);1H. The fourth-order valence-corrected chi connectivity index (χ4v) is 2.37. The number of carbonyl (C=O) groups is 1. The van der Waals surface area contributed by atoms with Gasteiger partial charge in [-0.25, -0.2) is 0 Å². The molecule has 0 saturated carbocycles. The van der Waals surface area contributed by atoms with Crippen LogP contribution in [0.1, 0.15) is 24.9 Å². The summed E-state index contributed by atoms with van der Waals surface area (Å²) in [6, 6.07) is 8.13. The van der Waals surface area contributed by atoms with Crippen LogP contribution in [0.4, 0.5) is 0 Å². The van der Waals surface area contributed by atoms with Gasteiger partial charge in [-0.2, -0.15) is 0 Å². The molecule has 2 atom stereocenters. The van der Waals surface area contributed by atoms with Gasteiger partial charge in [-0.15, -0.1) is 12.4 Å². The van der Waals surface area contributed by atoms with Crippen LogP contribution in [0, 0.1) is 0 Å². The predicted molar refractivity (Wildman–Crippen MR) is 85.2 cm³/mol. The second-order valence-corrected chi connectivity index (χ2v) is 5.69. The molecule has 1 aromatic carbocycles. The molecule has 0 spiro atoms. The second-order valence-electron chi connectivity index (χ2n) is 4.77. The number of ether oxygens (including phenoxy) is 1. The van der Waals surface area contributed by atoms with E-state index in [0.717, 1.165) is 23.2 Å². The second kappa shape index (κ2) is 8.62. The van der Waals surface area contributed by atoms with E-state index in [0.29, 0.717) is 13.0 Å². The normalized spacial score (nSPS) is 19.8. The Hall–Kier alpha value is -0.620. The zero-order chi connectivity index (χ0) is 13.7. The van der Waals surface area contributed by atoms with Crippen LogP contribution < -0.4 is 10.6 Å². The first kappa shape index (κ1) is 17.4. The van der Waals surface area contributed by atoms with Gasteiger partial charge in [-0.3, -0.25) is 4.79 Å². The predicted octanol–water partition coefficient (Wildman–Crippen LogP) is 2.43. The molecule has 0 bridgehead atoms. The Bertz CT molecular complexity index is 422. The molecule has 1 saturated heterocycles. The number of hydrogen-bond acceptors (Lipinski definition) is 3. The topological polar surface area (TPSA) is 50.4 Å². The lowest BCUT2D eigenvalue weighted by Crippen LogP contribution is -2.44. The lowest BCUT2D eigenvalue weighted by atomic mass is 10.1. The van der Waals surface area contributed by atoms with Crippen molar-refractivity contribution in [3.63, 3.8) is 0 Å². The summed E-state index contributed by atoms with van der Waals surface area (Å²) in [6.45, 7) is 4.15. The Morgan fingerprint density at radius 3 is 2.80 bits per heavy atom. The maximum absolute atomic E-state index is 11.9. The minimum Gasteiger partial charge on any atom is -0.378 e. The molecule has 0 aromatic heterocycles. The minimum atomic E-state index is 0. The molecular formula is C14H20BrClN2O2. The van der Waals surface area contributed by atoms with Crippen LogP contribution in [0.2, 0.25) is 0 Å². The molecule has 1 fully saturated rings. The van der Waals surface area contributed by atoms with Crippen molar-refractivity contribution in [1.82, 2.24) is 10.6 Å². The van der Waals surface area contributed by atoms with Crippen molar-refractivity contribution in [3.8, 4) is 0 Å². The molecule has 1 amide bonds. The van der Waals surface area contributed by atoms with Gasteiger partial charge in [0, 0.05) is 23.5 Å². The Labute approximate surface area is 134 Å². The maximum atomic E-state index is 11.9. The molecule has 2 unspecified atom stereocenters. The summed E-state index contributed by atoms with van der Waals surface area (Å²) in [4.78, 5) is 11.9. The van der Waals surface area contributed by atoms with E-state index in [2.05, 4.69) is 26.6 Å². The number of benzene rings is 1. The molecule has 2 N–H and O–H groups in total. The fourth-order valence-electron chi connectivity index (χ4n) is 2.11. The van der Waals surface area contributed by atoms with Crippen molar-refractivity contribution in [3.05, 3.63) is 34.3 Å². The number of morpholine rings is 1. The number of hydrogen-bond donors (Lipinski definition) is 2. The summed E-state index contributed by atoms with van der Waals surface area (Å²) in [5, 5.41) is 6.29. The van der Waals surface area contributed by atoms with Crippen LogP contribution in [0.25, 0.3) is 0 Å². The van der Waals surface area contributed by atoms with E-state index in [1.165, 1.54) is 0 Å². The van der Waals surface area contributed by atoms with Gasteiger partial charge in [0.15, 0.2) is 0 Å².